The lowest BCUT2D eigenvalue weighted by Crippen LogP contribution is -2.37. The van der Waals surface area contributed by atoms with E-state index in [1.165, 1.54) is 7.11 Å². The molecule has 0 fully saturated rings. The molecular formula is C27H30N2O4. The van der Waals surface area contributed by atoms with E-state index in [-0.39, 0.29) is 17.7 Å². The van der Waals surface area contributed by atoms with Crippen LogP contribution < -0.4 is 9.64 Å². The van der Waals surface area contributed by atoms with E-state index in [1.54, 1.807) is 7.11 Å². The molecule has 0 radical (unpaired) electrons. The number of aliphatic imine (C=N–C) groups is 1. The third kappa shape index (κ3) is 4.30. The number of methoxy groups -OCH3 is 2. The second kappa shape index (κ2) is 9.22. The lowest BCUT2D eigenvalue weighted by molar-refractivity contribution is -0.143. The van der Waals surface area contributed by atoms with Gasteiger partial charge in [-0.1, -0.05) is 24.3 Å². The molecule has 0 saturated carbocycles. The van der Waals surface area contributed by atoms with Crippen LogP contribution in [0.3, 0.4) is 0 Å². The number of ketones is 1. The maximum atomic E-state index is 13.5. The van der Waals surface area contributed by atoms with Gasteiger partial charge in [-0.3, -0.25) is 14.6 Å². The first kappa shape index (κ1) is 22.8. The van der Waals surface area contributed by atoms with Crippen molar-refractivity contribution in [3.63, 3.8) is 0 Å². The van der Waals surface area contributed by atoms with Gasteiger partial charge in [0.1, 0.15) is 11.7 Å². The first-order valence-corrected chi connectivity index (χ1v) is 11.1. The summed E-state index contributed by atoms with van der Waals surface area (Å²) in [6.07, 6.45) is 1.05. The first-order valence-electron chi connectivity index (χ1n) is 11.1. The number of benzene rings is 2. The standard InChI is InChI=1S/C27H30N2O4/c1-16-24(27(31)33-5)25(18-6-10-20(11-7-18)29(2)3)26-22(28-16)14-19(15-23(26)30)17-8-12-21(32-4)13-9-17/h6-13,19,24-25H,14-15H2,1-5H3/t19-,24?,25-/m0/s1. The fourth-order valence-corrected chi connectivity index (χ4v) is 4.94. The van der Waals surface area contributed by atoms with Crippen molar-refractivity contribution in [2.24, 2.45) is 10.9 Å². The van der Waals surface area contributed by atoms with Gasteiger partial charge in [0.15, 0.2) is 5.78 Å². The topological polar surface area (TPSA) is 68.2 Å². The summed E-state index contributed by atoms with van der Waals surface area (Å²) in [5, 5.41) is 0. The van der Waals surface area contributed by atoms with Gasteiger partial charge in [-0.15, -0.1) is 0 Å². The van der Waals surface area contributed by atoms with E-state index in [1.807, 2.05) is 74.4 Å². The molecule has 0 spiro atoms. The molecule has 1 aliphatic carbocycles. The van der Waals surface area contributed by atoms with Crippen molar-refractivity contribution < 1.29 is 19.1 Å². The Hall–Kier alpha value is -3.41. The minimum atomic E-state index is -0.611. The van der Waals surface area contributed by atoms with E-state index in [2.05, 4.69) is 0 Å². The van der Waals surface area contributed by atoms with Crippen LogP contribution in [0, 0.1) is 5.92 Å². The van der Waals surface area contributed by atoms with Crippen LogP contribution in [0.2, 0.25) is 0 Å². The Kier molecular flexibility index (Phi) is 6.36. The molecule has 2 aliphatic rings. The van der Waals surface area contributed by atoms with Crippen molar-refractivity contribution in [1.82, 2.24) is 0 Å². The minimum Gasteiger partial charge on any atom is -0.497 e. The largest absolute Gasteiger partial charge is 0.497 e. The average Bonchev–Trinajstić information content (AvgIpc) is 2.82. The van der Waals surface area contributed by atoms with Gasteiger partial charge in [0.05, 0.1) is 14.2 Å². The van der Waals surface area contributed by atoms with Crippen molar-refractivity contribution >= 4 is 23.2 Å². The number of hydrogen-bond acceptors (Lipinski definition) is 6. The number of Topliss-reactive ketones (excluding diaryl/α,β-unsaturated/α-hetero) is 1. The second-order valence-electron chi connectivity index (χ2n) is 8.88. The summed E-state index contributed by atoms with van der Waals surface area (Å²) in [5.41, 5.74) is 5.19. The molecule has 172 valence electrons. The molecule has 4 rings (SSSR count). The number of anilines is 1. The zero-order valence-corrected chi connectivity index (χ0v) is 19.8. The fourth-order valence-electron chi connectivity index (χ4n) is 4.94. The summed E-state index contributed by atoms with van der Waals surface area (Å²) in [7, 11) is 6.98. The molecule has 6 heteroatoms. The van der Waals surface area contributed by atoms with E-state index in [0.29, 0.717) is 24.1 Å². The lowest BCUT2D eigenvalue weighted by Gasteiger charge is -2.36. The molecule has 1 heterocycles. The number of ether oxygens (including phenoxy) is 2. The van der Waals surface area contributed by atoms with Crippen molar-refractivity contribution in [3.8, 4) is 5.75 Å². The average molecular weight is 447 g/mol. The van der Waals surface area contributed by atoms with Crippen LogP contribution in [0.5, 0.6) is 5.75 Å². The summed E-state index contributed by atoms with van der Waals surface area (Å²) in [6.45, 7) is 1.86. The zero-order valence-electron chi connectivity index (χ0n) is 19.8. The number of nitrogens with zero attached hydrogens (tertiary/aromatic N) is 2. The third-order valence-corrected chi connectivity index (χ3v) is 6.70. The molecule has 33 heavy (non-hydrogen) atoms. The van der Waals surface area contributed by atoms with Gasteiger partial charge in [-0.05, 0) is 54.7 Å². The predicted molar refractivity (Wildman–Crippen MR) is 129 cm³/mol. The van der Waals surface area contributed by atoms with E-state index in [0.717, 1.165) is 28.3 Å². The SMILES string of the molecule is COC(=O)C1C(C)=NC2=C(C(=O)C[C@@H](c3ccc(OC)cc3)C2)[C@H]1c1ccc(N(C)C)cc1. The molecule has 0 saturated heterocycles. The number of carbonyl (C=O) groups is 2. The van der Waals surface area contributed by atoms with Gasteiger partial charge in [-0.25, -0.2) is 0 Å². The molecule has 2 aromatic carbocycles. The Balaban J connectivity index is 1.76. The van der Waals surface area contributed by atoms with Crippen LogP contribution in [0.25, 0.3) is 0 Å². The van der Waals surface area contributed by atoms with Crippen LogP contribution in [-0.2, 0) is 14.3 Å². The molecular weight excluding hydrogens is 416 g/mol. The molecule has 3 atom stereocenters. The van der Waals surface area contributed by atoms with Crippen molar-refractivity contribution in [2.75, 3.05) is 33.2 Å². The maximum absolute atomic E-state index is 13.5. The van der Waals surface area contributed by atoms with Crippen molar-refractivity contribution in [1.29, 1.82) is 0 Å². The molecule has 0 bridgehead atoms. The third-order valence-electron chi connectivity index (χ3n) is 6.70. The highest BCUT2D eigenvalue weighted by Gasteiger charge is 2.44. The number of hydrogen-bond donors (Lipinski definition) is 0. The quantitative estimate of drug-likeness (QED) is 0.632. The van der Waals surface area contributed by atoms with E-state index in [4.69, 9.17) is 14.5 Å². The van der Waals surface area contributed by atoms with Gasteiger partial charge >= 0.3 is 5.97 Å². The maximum Gasteiger partial charge on any atom is 0.315 e. The van der Waals surface area contributed by atoms with E-state index >= 15 is 0 Å². The Bertz CT molecular complexity index is 1110. The van der Waals surface area contributed by atoms with Crippen LogP contribution in [-0.4, -0.2) is 45.8 Å². The van der Waals surface area contributed by atoms with E-state index in [9.17, 15) is 9.59 Å². The lowest BCUT2D eigenvalue weighted by atomic mass is 9.69. The summed E-state index contributed by atoms with van der Waals surface area (Å²) >= 11 is 0. The number of carbonyl (C=O) groups excluding carboxylic acids is 2. The molecule has 2 aromatic rings. The highest BCUT2D eigenvalue weighted by molar-refractivity contribution is 6.09. The fraction of sp³-hybridized carbons (Fsp3) is 0.370. The second-order valence-corrected chi connectivity index (χ2v) is 8.88. The van der Waals surface area contributed by atoms with Crippen LogP contribution in [0.4, 0.5) is 5.69 Å². The molecule has 1 aliphatic heterocycles. The van der Waals surface area contributed by atoms with Crippen LogP contribution >= 0.6 is 0 Å². The number of allylic oxidation sites excluding steroid dienone is 2. The predicted octanol–water partition coefficient (Wildman–Crippen LogP) is 4.51. The molecule has 6 nitrogen and oxygen atoms in total. The summed E-state index contributed by atoms with van der Waals surface area (Å²) in [6, 6.07) is 15.9. The van der Waals surface area contributed by atoms with Crippen molar-refractivity contribution in [2.45, 2.75) is 31.6 Å². The Morgan fingerprint density at radius 1 is 0.970 bits per heavy atom. The Morgan fingerprint density at radius 3 is 2.18 bits per heavy atom. The number of esters is 1. The highest BCUT2D eigenvalue weighted by atomic mass is 16.5. The monoisotopic (exact) mass is 446 g/mol. The summed E-state index contributed by atoms with van der Waals surface area (Å²) in [4.78, 5) is 33.1. The minimum absolute atomic E-state index is 0.0453. The van der Waals surface area contributed by atoms with Gasteiger partial charge < -0.3 is 14.4 Å². The van der Waals surface area contributed by atoms with Crippen LogP contribution in [0.15, 0.2) is 64.8 Å². The van der Waals surface area contributed by atoms with Gasteiger partial charge in [0, 0.05) is 49.1 Å². The molecule has 0 amide bonds. The first-order chi connectivity index (χ1) is 15.8. The van der Waals surface area contributed by atoms with Crippen molar-refractivity contribution in [3.05, 3.63) is 70.9 Å². The molecule has 1 unspecified atom stereocenters. The smallest absolute Gasteiger partial charge is 0.315 e. The van der Waals surface area contributed by atoms with Crippen LogP contribution in [0.1, 0.15) is 42.7 Å². The Morgan fingerprint density at radius 2 is 1.61 bits per heavy atom. The van der Waals surface area contributed by atoms with E-state index < -0.39 is 11.8 Å². The number of rotatable bonds is 5. The van der Waals surface area contributed by atoms with Gasteiger partial charge in [0.25, 0.3) is 0 Å². The Labute approximate surface area is 194 Å². The summed E-state index contributed by atoms with van der Waals surface area (Å²) in [5.74, 6) is -0.496. The van der Waals surface area contributed by atoms with Gasteiger partial charge in [0.2, 0.25) is 0 Å². The zero-order chi connectivity index (χ0) is 23.7. The molecule has 0 aromatic heterocycles. The summed E-state index contributed by atoms with van der Waals surface area (Å²) < 4.78 is 10.4. The highest BCUT2D eigenvalue weighted by Crippen LogP contribution is 2.47. The molecule has 0 N–H and O–H groups in total. The van der Waals surface area contributed by atoms with Gasteiger partial charge in [-0.2, -0.15) is 0 Å². The normalized spacial score (nSPS) is 22.4.